The minimum Gasteiger partial charge on any atom is -0.480 e. The van der Waals surface area contributed by atoms with Crippen LogP contribution in [0.25, 0.3) is 5.69 Å². The summed E-state index contributed by atoms with van der Waals surface area (Å²) < 4.78 is 15.8. The minimum atomic E-state index is -1.11. The maximum Gasteiger partial charge on any atom is 0.326 e. The number of carboxylic acid groups (broad SMARTS) is 1. The molecule has 0 fully saturated rings. The van der Waals surface area contributed by atoms with Gasteiger partial charge in [0.05, 0.1) is 5.69 Å². The molecule has 1 unspecified atom stereocenters. The zero-order valence-corrected chi connectivity index (χ0v) is 13.8. The van der Waals surface area contributed by atoms with Gasteiger partial charge in [-0.05, 0) is 44.5 Å². The van der Waals surface area contributed by atoms with E-state index in [0.29, 0.717) is 12.8 Å². The van der Waals surface area contributed by atoms with E-state index < -0.39 is 23.7 Å². The molecule has 0 radical (unpaired) electrons. The van der Waals surface area contributed by atoms with Crippen molar-refractivity contribution >= 4 is 11.9 Å². The predicted molar refractivity (Wildman–Crippen MR) is 86.8 cm³/mol. The average molecular weight is 333 g/mol. The Bertz CT molecular complexity index is 770. The monoisotopic (exact) mass is 333 g/mol. The van der Waals surface area contributed by atoms with Crippen LogP contribution in [0, 0.1) is 19.7 Å². The highest BCUT2D eigenvalue weighted by atomic mass is 19.1. The summed E-state index contributed by atoms with van der Waals surface area (Å²) in [5.74, 6) is -2.32. The van der Waals surface area contributed by atoms with Crippen LogP contribution in [-0.2, 0) is 4.79 Å². The molecule has 1 aromatic heterocycles. The Hall–Kier alpha value is -2.70. The number of carboxylic acids is 1. The SMILES string of the molecule is CCCC(NC(=O)c1ccc(-n2nc(C)cc2C)c(F)c1)C(=O)O. The Balaban J connectivity index is 2.24. The lowest BCUT2D eigenvalue weighted by Crippen LogP contribution is -2.40. The molecular weight excluding hydrogens is 313 g/mol. The van der Waals surface area contributed by atoms with Crippen LogP contribution >= 0.6 is 0 Å². The van der Waals surface area contributed by atoms with Gasteiger partial charge in [-0.15, -0.1) is 0 Å². The first-order valence-electron chi connectivity index (χ1n) is 7.70. The van der Waals surface area contributed by atoms with Gasteiger partial charge in [0.25, 0.3) is 5.91 Å². The molecular formula is C17H20FN3O3. The maximum absolute atomic E-state index is 14.4. The van der Waals surface area contributed by atoms with Crippen LogP contribution in [0.2, 0.25) is 0 Å². The molecule has 1 amide bonds. The third-order valence-electron chi connectivity index (χ3n) is 3.63. The van der Waals surface area contributed by atoms with Gasteiger partial charge in [0.15, 0.2) is 0 Å². The molecule has 2 aromatic rings. The van der Waals surface area contributed by atoms with Crippen molar-refractivity contribution in [3.63, 3.8) is 0 Å². The molecule has 6 nitrogen and oxygen atoms in total. The van der Waals surface area contributed by atoms with Gasteiger partial charge in [-0.25, -0.2) is 13.9 Å². The number of halogens is 1. The number of aliphatic carboxylic acids is 1. The predicted octanol–water partition coefficient (Wildman–Crippen LogP) is 2.61. The van der Waals surface area contributed by atoms with Gasteiger partial charge in [0.1, 0.15) is 17.5 Å². The zero-order chi connectivity index (χ0) is 17.9. The summed E-state index contributed by atoms with van der Waals surface area (Å²) in [4.78, 5) is 23.2. The normalized spacial score (nSPS) is 12.0. The van der Waals surface area contributed by atoms with E-state index >= 15 is 0 Å². The summed E-state index contributed by atoms with van der Waals surface area (Å²) in [6.07, 6.45) is 0.926. The summed E-state index contributed by atoms with van der Waals surface area (Å²) in [6.45, 7) is 5.44. The second-order valence-electron chi connectivity index (χ2n) is 5.66. The van der Waals surface area contributed by atoms with E-state index in [-0.39, 0.29) is 11.3 Å². The lowest BCUT2D eigenvalue weighted by atomic mass is 10.1. The number of nitrogens with one attached hydrogen (secondary N) is 1. The van der Waals surface area contributed by atoms with E-state index in [1.807, 2.05) is 26.8 Å². The minimum absolute atomic E-state index is 0.0696. The van der Waals surface area contributed by atoms with E-state index in [0.717, 1.165) is 17.5 Å². The van der Waals surface area contributed by atoms with Gasteiger partial charge in [-0.3, -0.25) is 4.79 Å². The molecule has 0 aliphatic carbocycles. The lowest BCUT2D eigenvalue weighted by molar-refractivity contribution is -0.139. The van der Waals surface area contributed by atoms with Gasteiger partial charge in [0.2, 0.25) is 0 Å². The number of hydrogen-bond acceptors (Lipinski definition) is 3. The van der Waals surface area contributed by atoms with Crippen LogP contribution in [0.3, 0.4) is 0 Å². The van der Waals surface area contributed by atoms with Crippen LogP contribution in [0.1, 0.15) is 41.5 Å². The molecule has 0 aliphatic heterocycles. The summed E-state index contributed by atoms with van der Waals surface area (Å²) in [5.41, 5.74) is 1.84. The standard InChI is InChI=1S/C17H20FN3O3/c1-4-5-14(17(23)24)19-16(22)12-6-7-15(13(18)9-12)21-11(3)8-10(2)20-21/h6-9,14H,4-5H2,1-3H3,(H,19,22)(H,23,24). The van der Waals surface area contributed by atoms with E-state index in [1.165, 1.54) is 16.8 Å². The first kappa shape index (κ1) is 17.7. The van der Waals surface area contributed by atoms with Crippen molar-refractivity contribution in [3.8, 4) is 5.69 Å². The smallest absolute Gasteiger partial charge is 0.326 e. The number of nitrogens with zero attached hydrogens (tertiary/aromatic N) is 2. The summed E-state index contributed by atoms with van der Waals surface area (Å²) in [5, 5.41) is 15.7. The fourth-order valence-electron chi connectivity index (χ4n) is 2.48. The van der Waals surface area contributed by atoms with Crippen LogP contribution in [-0.4, -0.2) is 32.8 Å². The van der Waals surface area contributed by atoms with Crippen LogP contribution in [0.5, 0.6) is 0 Å². The van der Waals surface area contributed by atoms with Gasteiger partial charge >= 0.3 is 5.97 Å². The Morgan fingerprint density at radius 1 is 1.33 bits per heavy atom. The topological polar surface area (TPSA) is 84.2 Å². The molecule has 0 bridgehead atoms. The molecule has 7 heteroatoms. The molecule has 1 aromatic carbocycles. The Morgan fingerprint density at radius 3 is 2.54 bits per heavy atom. The van der Waals surface area contributed by atoms with E-state index in [1.54, 1.807) is 0 Å². The van der Waals surface area contributed by atoms with Crippen molar-refractivity contribution < 1.29 is 19.1 Å². The largest absolute Gasteiger partial charge is 0.480 e. The molecule has 2 N–H and O–H groups in total. The lowest BCUT2D eigenvalue weighted by Gasteiger charge is -2.14. The highest BCUT2D eigenvalue weighted by Crippen LogP contribution is 2.17. The van der Waals surface area contributed by atoms with Crippen molar-refractivity contribution in [2.45, 2.75) is 39.7 Å². The molecule has 0 saturated carbocycles. The molecule has 0 saturated heterocycles. The molecule has 1 heterocycles. The second-order valence-corrected chi connectivity index (χ2v) is 5.66. The summed E-state index contributed by atoms with van der Waals surface area (Å²) in [6, 6.07) is 4.84. The van der Waals surface area contributed by atoms with Gasteiger partial charge in [-0.1, -0.05) is 13.3 Å². The highest BCUT2D eigenvalue weighted by Gasteiger charge is 2.20. The number of amides is 1. The van der Waals surface area contributed by atoms with Gasteiger partial charge in [-0.2, -0.15) is 5.10 Å². The maximum atomic E-state index is 14.4. The average Bonchev–Trinajstić information content (AvgIpc) is 2.84. The van der Waals surface area contributed by atoms with Crippen molar-refractivity contribution in [3.05, 3.63) is 47.0 Å². The number of hydrogen-bond donors (Lipinski definition) is 2. The third kappa shape index (κ3) is 3.79. The quantitative estimate of drug-likeness (QED) is 0.851. The number of aromatic nitrogens is 2. The van der Waals surface area contributed by atoms with Crippen molar-refractivity contribution in [1.82, 2.24) is 15.1 Å². The first-order chi connectivity index (χ1) is 11.3. The molecule has 0 spiro atoms. The second kappa shape index (κ2) is 7.25. The van der Waals surface area contributed by atoms with E-state index in [2.05, 4.69) is 10.4 Å². The number of benzene rings is 1. The Kier molecular flexibility index (Phi) is 5.33. The molecule has 1 atom stereocenters. The molecule has 2 rings (SSSR count). The molecule has 0 aliphatic rings. The Morgan fingerprint density at radius 2 is 2.04 bits per heavy atom. The van der Waals surface area contributed by atoms with Crippen LogP contribution < -0.4 is 5.32 Å². The number of aryl methyl sites for hydroxylation is 2. The molecule has 128 valence electrons. The van der Waals surface area contributed by atoms with Crippen LogP contribution in [0.4, 0.5) is 4.39 Å². The number of carbonyl (C=O) groups excluding carboxylic acids is 1. The van der Waals surface area contributed by atoms with Crippen molar-refractivity contribution in [2.75, 3.05) is 0 Å². The van der Waals surface area contributed by atoms with E-state index in [4.69, 9.17) is 5.11 Å². The van der Waals surface area contributed by atoms with Gasteiger partial charge in [0, 0.05) is 11.3 Å². The van der Waals surface area contributed by atoms with Gasteiger partial charge < -0.3 is 10.4 Å². The first-order valence-corrected chi connectivity index (χ1v) is 7.70. The van der Waals surface area contributed by atoms with E-state index in [9.17, 15) is 14.0 Å². The number of carbonyl (C=O) groups is 2. The van der Waals surface area contributed by atoms with Crippen molar-refractivity contribution in [1.29, 1.82) is 0 Å². The fraction of sp³-hybridized carbons (Fsp3) is 0.353. The molecule has 24 heavy (non-hydrogen) atoms. The Labute approximate surface area is 139 Å². The zero-order valence-electron chi connectivity index (χ0n) is 13.8. The van der Waals surface area contributed by atoms with Crippen molar-refractivity contribution in [2.24, 2.45) is 0 Å². The number of rotatable bonds is 6. The fourth-order valence-corrected chi connectivity index (χ4v) is 2.48. The highest BCUT2D eigenvalue weighted by molar-refractivity contribution is 5.96. The third-order valence-corrected chi connectivity index (χ3v) is 3.63. The summed E-state index contributed by atoms with van der Waals surface area (Å²) in [7, 11) is 0. The van der Waals surface area contributed by atoms with Crippen LogP contribution in [0.15, 0.2) is 24.3 Å². The summed E-state index contributed by atoms with van der Waals surface area (Å²) >= 11 is 0.